The summed E-state index contributed by atoms with van der Waals surface area (Å²) in [6, 6.07) is 1.42. The molecule has 2 amide bonds. The minimum atomic E-state index is -1.16. The molecule has 0 fully saturated rings. The standard InChI is InChI=1S/C14H17ClF2N2O2/c1-4-19(7-13(20)18-8(2)3)14(21)9-5-11(16)12(17)6-10(9)15/h5-6,8H,4,7H2,1-3H3,(H,18,20). The number of rotatable bonds is 5. The van der Waals surface area contributed by atoms with Crippen molar-refractivity contribution in [2.24, 2.45) is 0 Å². The van der Waals surface area contributed by atoms with Gasteiger partial charge in [-0.2, -0.15) is 0 Å². The Labute approximate surface area is 127 Å². The van der Waals surface area contributed by atoms with Gasteiger partial charge in [-0.3, -0.25) is 9.59 Å². The number of carbonyl (C=O) groups is 2. The van der Waals surface area contributed by atoms with Gasteiger partial charge < -0.3 is 10.2 Å². The fourth-order valence-corrected chi connectivity index (χ4v) is 1.96. The molecule has 0 aliphatic rings. The van der Waals surface area contributed by atoms with Crippen LogP contribution < -0.4 is 5.32 Å². The van der Waals surface area contributed by atoms with Gasteiger partial charge in [0.1, 0.15) is 0 Å². The summed E-state index contributed by atoms with van der Waals surface area (Å²) in [7, 11) is 0. The van der Waals surface area contributed by atoms with Crippen LogP contribution in [-0.4, -0.2) is 35.8 Å². The zero-order chi connectivity index (χ0) is 16.2. The monoisotopic (exact) mass is 318 g/mol. The number of nitrogens with one attached hydrogen (secondary N) is 1. The van der Waals surface area contributed by atoms with Crippen molar-refractivity contribution in [3.8, 4) is 0 Å². The Hall–Kier alpha value is -1.69. The Balaban J connectivity index is 2.94. The highest BCUT2D eigenvalue weighted by Gasteiger charge is 2.21. The first kappa shape index (κ1) is 17.4. The number of hydrogen-bond donors (Lipinski definition) is 1. The smallest absolute Gasteiger partial charge is 0.255 e. The number of amides is 2. The van der Waals surface area contributed by atoms with Crippen LogP contribution in [-0.2, 0) is 4.79 Å². The lowest BCUT2D eigenvalue weighted by Gasteiger charge is -2.21. The van der Waals surface area contributed by atoms with E-state index in [1.807, 2.05) is 0 Å². The summed E-state index contributed by atoms with van der Waals surface area (Å²) in [4.78, 5) is 25.2. The molecule has 0 atom stereocenters. The van der Waals surface area contributed by atoms with Crippen molar-refractivity contribution in [3.63, 3.8) is 0 Å². The van der Waals surface area contributed by atoms with Gasteiger partial charge >= 0.3 is 0 Å². The molecule has 0 spiro atoms. The van der Waals surface area contributed by atoms with Crippen LogP contribution in [0.15, 0.2) is 12.1 Å². The van der Waals surface area contributed by atoms with E-state index in [2.05, 4.69) is 5.32 Å². The van der Waals surface area contributed by atoms with E-state index in [9.17, 15) is 18.4 Å². The van der Waals surface area contributed by atoms with E-state index in [1.54, 1.807) is 20.8 Å². The number of likely N-dealkylation sites (N-methyl/N-ethyl adjacent to an activating group) is 1. The van der Waals surface area contributed by atoms with Crippen LogP contribution in [0.1, 0.15) is 31.1 Å². The molecule has 0 saturated carbocycles. The van der Waals surface area contributed by atoms with Gasteiger partial charge in [-0.25, -0.2) is 8.78 Å². The molecule has 1 rings (SSSR count). The summed E-state index contributed by atoms with van der Waals surface area (Å²) in [6.45, 7) is 5.32. The maximum absolute atomic E-state index is 13.2. The quantitative estimate of drug-likeness (QED) is 0.848. The van der Waals surface area contributed by atoms with E-state index in [1.165, 1.54) is 4.90 Å². The molecule has 0 radical (unpaired) electrons. The number of benzene rings is 1. The Morgan fingerprint density at radius 1 is 1.29 bits per heavy atom. The van der Waals surface area contributed by atoms with E-state index in [4.69, 9.17) is 11.6 Å². The zero-order valence-electron chi connectivity index (χ0n) is 12.0. The number of hydrogen-bond acceptors (Lipinski definition) is 2. The van der Waals surface area contributed by atoms with Gasteiger partial charge in [0.2, 0.25) is 5.91 Å². The Bertz CT molecular complexity index is 550. The fourth-order valence-electron chi connectivity index (χ4n) is 1.72. The molecular weight excluding hydrogens is 302 g/mol. The summed E-state index contributed by atoms with van der Waals surface area (Å²) < 4.78 is 26.2. The lowest BCUT2D eigenvalue weighted by Crippen LogP contribution is -2.42. The summed E-state index contributed by atoms with van der Waals surface area (Å²) in [5.74, 6) is -3.25. The minimum Gasteiger partial charge on any atom is -0.352 e. The first-order valence-corrected chi connectivity index (χ1v) is 6.87. The average Bonchev–Trinajstić information content (AvgIpc) is 2.38. The molecule has 116 valence electrons. The highest BCUT2D eigenvalue weighted by molar-refractivity contribution is 6.33. The second-order valence-corrected chi connectivity index (χ2v) is 5.19. The van der Waals surface area contributed by atoms with Gasteiger partial charge in [0.15, 0.2) is 11.6 Å². The molecule has 0 heterocycles. The Kier molecular flexibility index (Phi) is 6.08. The topological polar surface area (TPSA) is 49.4 Å². The van der Waals surface area contributed by atoms with Crippen LogP contribution in [0.4, 0.5) is 8.78 Å². The predicted octanol–water partition coefficient (Wildman–Crippen LogP) is 2.60. The van der Waals surface area contributed by atoms with E-state index < -0.39 is 17.5 Å². The average molecular weight is 319 g/mol. The number of halogens is 3. The fraction of sp³-hybridized carbons (Fsp3) is 0.429. The molecule has 0 aliphatic heterocycles. The van der Waals surface area contributed by atoms with Crippen LogP contribution in [0.2, 0.25) is 5.02 Å². The van der Waals surface area contributed by atoms with Crippen molar-refractivity contribution in [1.29, 1.82) is 0 Å². The van der Waals surface area contributed by atoms with Crippen molar-refractivity contribution in [2.75, 3.05) is 13.1 Å². The van der Waals surface area contributed by atoms with Gasteiger partial charge in [0.25, 0.3) is 5.91 Å². The normalized spacial score (nSPS) is 10.6. The molecule has 1 aromatic rings. The van der Waals surface area contributed by atoms with Crippen LogP contribution in [0.3, 0.4) is 0 Å². The van der Waals surface area contributed by atoms with Gasteiger partial charge in [-0.1, -0.05) is 11.6 Å². The molecule has 1 aromatic carbocycles. The third kappa shape index (κ3) is 4.67. The van der Waals surface area contributed by atoms with Crippen LogP contribution in [0.25, 0.3) is 0 Å². The predicted molar refractivity (Wildman–Crippen MR) is 76.2 cm³/mol. The third-order valence-electron chi connectivity index (χ3n) is 2.69. The Morgan fingerprint density at radius 2 is 1.86 bits per heavy atom. The lowest BCUT2D eigenvalue weighted by atomic mass is 10.2. The molecule has 7 heteroatoms. The van der Waals surface area contributed by atoms with Crippen molar-refractivity contribution >= 4 is 23.4 Å². The second kappa shape index (κ2) is 7.36. The lowest BCUT2D eigenvalue weighted by molar-refractivity contribution is -0.122. The van der Waals surface area contributed by atoms with Gasteiger partial charge in [0.05, 0.1) is 17.1 Å². The zero-order valence-corrected chi connectivity index (χ0v) is 12.8. The number of carbonyl (C=O) groups excluding carboxylic acids is 2. The second-order valence-electron chi connectivity index (χ2n) is 4.79. The van der Waals surface area contributed by atoms with Crippen molar-refractivity contribution in [2.45, 2.75) is 26.8 Å². The number of nitrogens with zero attached hydrogens (tertiary/aromatic N) is 1. The molecule has 0 aliphatic carbocycles. The van der Waals surface area contributed by atoms with Crippen molar-refractivity contribution < 1.29 is 18.4 Å². The molecule has 21 heavy (non-hydrogen) atoms. The third-order valence-corrected chi connectivity index (χ3v) is 3.01. The first-order chi connectivity index (χ1) is 9.76. The minimum absolute atomic E-state index is 0.0573. The first-order valence-electron chi connectivity index (χ1n) is 6.49. The Morgan fingerprint density at radius 3 is 2.38 bits per heavy atom. The molecule has 0 bridgehead atoms. The van der Waals surface area contributed by atoms with Gasteiger partial charge in [-0.15, -0.1) is 0 Å². The highest BCUT2D eigenvalue weighted by Crippen LogP contribution is 2.21. The molecule has 0 aromatic heterocycles. The van der Waals surface area contributed by atoms with Crippen LogP contribution in [0, 0.1) is 11.6 Å². The van der Waals surface area contributed by atoms with Crippen molar-refractivity contribution in [1.82, 2.24) is 10.2 Å². The summed E-state index contributed by atoms with van der Waals surface area (Å²) in [5.41, 5.74) is -0.172. The van der Waals surface area contributed by atoms with Crippen LogP contribution >= 0.6 is 11.6 Å². The van der Waals surface area contributed by atoms with Gasteiger partial charge in [-0.05, 0) is 32.9 Å². The SMILES string of the molecule is CCN(CC(=O)NC(C)C)C(=O)c1cc(F)c(F)cc1Cl. The van der Waals surface area contributed by atoms with E-state index in [-0.39, 0.29) is 35.6 Å². The van der Waals surface area contributed by atoms with Crippen molar-refractivity contribution in [3.05, 3.63) is 34.4 Å². The summed E-state index contributed by atoms with van der Waals surface area (Å²) >= 11 is 5.76. The molecule has 4 nitrogen and oxygen atoms in total. The van der Waals surface area contributed by atoms with Crippen LogP contribution in [0.5, 0.6) is 0 Å². The van der Waals surface area contributed by atoms with E-state index >= 15 is 0 Å². The largest absolute Gasteiger partial charge is 0.352 e. The maximum atomic E-state index is 13.2. The molecule has 1 N–H and O–H groups in total. The summed E-state index contributed by atoms with van der Waals surface area (Å²) in [6.07, 6.45) is 0. The molecule has 0 unspecified atom stereocenters. The molecular formula is C14H17ClF2N2O2. The van der Waals surface area contributed by atoms with Gasteiger partial charge in [0, 0.05) is 12.6 Å². The molecule has 0 saturated heterocycles. The van der Waals surface area contributed by atoms with E-state index in [0.717, 1.165) is 12.1 Å². The maximum Gasteiger partial charge on any atom is 0.255 e. The highest BCUT2D eigenvalue weighted by atomic mass is 35.5. The van der Waals surface area contributed by atoms with E-state index in [0.29, 0.717) is 0 Å². The summed E-state index contributed by atoms with van der Waals surface area (Å²) in [5, 5.41) is 2.46.